The van der Waals surface area contributed by atoms with Gasteiger partial charge in [0.1, 0.15) is 0 Å². The molecular weight excluding hydrogens is 230 g/mol. The summed E-state index contributed by atoms with van der Waals surface area (Å²) in [7, 11) is 1.32. The number of methoxy groups -OCH3 is 1. The van der Waals surface area contributed by atoms with Gasteiger partial charge in [0.25, 0.3) is 11.4 Å². The van der Waals surface area contributed by atoms with Crippen LogP contribution in [0.3, 0.4) is 0 Å². The predicted molar refractivity (Wildman–Crippen MR) is 54.1 cm³/mol. The molecule has 8 nitrogen and oxygen atoms in total. The second kappa shape index (κ2) is 4.08. The van der Waals surface area contributed by atoms with E-state index >= 15 is 0 Å². The standard InChI is InChI=1S/C9H7N3O5/c1-16-9-8(12(15)17-10-9)6-3-2-4-7(5-6)11(13)14/h2-5H,1H3. The lowest BCUT2D eigenvalue weighted by Crippen LogP contribution is -2.25. The van der Waals surface area contributed by atoms with Crippen LogP contribution < -0.4 is 9.64 Å². The first-order chi connectivity index (χ1) is 8.13. The van der Waals surface area contributed by atoms with Crippen molar-refractivity contribution >= 4 is 5.69 Å². The summed E-state index contributed by atoms with van der Waals surface area (Å²) in [5, 5.41) is 25.3. The quantitative estimate of drug-likeness (QED) is 0.446. The zero-order valence-corrected chi connectivity index (χ0v) is 8.69. The number of benzene rings is 1. The minimum atomic E-state index is -0.557. The summed E-state index contributed by atoms with van der Waals surface area (Å²) in [6, 6.07) is 5.54. The highest BCUT2D eigenvalue weighted by atomic mass is 16.8. The monoisotopic (exact) mass is 237 g/mol. The minimum Gasteiger partial charge on any atom is -0.458 e. The third kappa shape index (κ3) is 1.87. The number of aromatic nitrogens is 2. The van der Waals surface area contributed by atoms with Crippen LogP contribution in [0.4, 0.5) is 5.69 Å². The third-order valence-electron chi connectivity index (χ3n) is 2.11. The van der Waals surface area contributed by atoms with E-state index < -0.39 is 4.92 Å². The molecule has 8 heteroatoms. The van der Waals surface area contributed by atoms with Crippen molar-refractivity contribution in [3.8, 4) is 17.1 Å². The van der Waals surface area contributed by atoms with Crippen LogP contribution in [-0.4, -0.2) is 17.2 Å². The molecule has 0 atom stereocenters. The Labute approximate surface area is 94.7 Å². The summed E-state index contributed by atoms with van der Waals surface area (Å²) >= 11 is 0. The van der Waals surface area contributed by atoms with Crippen molar-refractivity contribution in [1.82, 2.24) is 5.16 Å². The van der Waals surface area contributed by atoms with Crippen LogP contribution in [0.25, 0.3) is 11.3 Å². The smallest absolute Gasteiger partial charge is 0.402 e. The Morgan fingerprint density at radius 1 is 1.53 bits per heavy atom. The predicted octanol–water partition coefficient (Wildman–Crippen LogP) is 0.892. The number of nitro benzene ring substituents is 1. The van der Waals surface area contributed by atoms with Gasteiger partial charge in [-0.1, -0.05) is 6.07 Å². The Hall–Kier alpha value is -2.64. The Morgan fingerprint density at radius 3 is 2.94 bits per heavy atom. The maximum absolute atomic E-state index is 11.3. The molecule has 88 valence electrons. The molecule has 2 rings (SSSR count). The van der Waals surface area contributed by atoms with Crippen molar-refractivity contribution < 1.29 is 19.2 Å². The van der Waals surface area contributed by atoms with Crippen LogP contribution in [0, 0.1) is 15.3 Å². The molecular formula is C9H7N3O5. The van der Waals surface area contributed by atoms with Gasteiger partial charge in [-0.3, -0.25) is 14.7 Å². The lowest BCUT2D eigenvalue weighted by molar-refractivity contribution is -0.793. The van der Waals surface area contributed by atoms with Gasteiger partial charge in [-0.25, -0.2) is 0 Å². The van der Waals surface area contributed by atoms with Crippen molar-refractivity contribution in [2.45, 2.75) is 0 Å². The highest BCUT2D eigenvalue weighted by Gasteiger charge is 2.23. The van der Waals surface area contributed by atoms with E-state index in [2.05, 4.69) is 9.79 Å². The van der Waals surface area contributed by atoms with Gasteiger partial charge >= 0.3 is 5.88 Å². The number of nitro groups is 1. The molecule has 2 aromatic rings. The molecule has 0 N–H and O–H groups in total. The molecule has 0 spiro atoms. The van der Waals surface area contributed by atoms with Crippen molar-refractivity contribution in [2.75, 3.05) is 7.11 Å². The fourth-order valence-corrected chi connectivity index (χ4v) is 1.37. The fourth-order valence-electron chi connectivity index (χ4n) is 1.37. The van der Waals surface area contributed by atoms with Crippen molar-refractivity contribution in [1.29, 1.82) is 0 Å². The number of rotatable bonds is 3. The van der Waals surface area contributed by atoms with E-state index in [-0.39, 0.29) is 22.2 Å². The van der Waals surface area contributed by atoms with E-state index in [1.54, 1.807) is 0 Å². The van der Waals surface area contributed by atoms with E-state index in [4.69, 9.17) is 4.74 Å². The molecule has 0 unspecified atom stereocenters. The molecule has 0 fully saturated rings. The Kier molecular flexibility index (Phi) is 2.61. The topological polar surface area (TPSA) is 105 Å². The molecule has 1 heterocycles. The SMILES string of the molecule is COc1no[n+]([O-])c1-c1cccc([N+](=O)[O-])c1. The number of ether oxygens (including phenoxy) is 1. The summed E-state index contributed by atoms with van der Waals surface area (Å²) in [5.74, 6) is -0.0273. The zero-order chi connectivity index (χ0) is 12.4. The first-order valence-corrected chi connectivity index (χ1v) is 4.52. The van der Waals surface area contributed by atoms with Crippen LogP contribution in [-0.2, 0) is 0 Å². The van der Waals surface area contributed by atoms with Crippen molar-refractivity contribution in [3.63, 3.8) is 0 Å². The molecule has 0 radical (unpaired) electrons. The molecule has 0 aliphatic heterocycles. The summed E-state index contributed by atoms with van der Waals surface area (Å²) in [6.07, 6.45) is 0. The molecule has 0 saturated carbocycles. The van der Waals surface area contributed by atoms with E-state index in [1.807, 2.05) is 0 Å². The zero-order valence-electron chi connectivity index (χ0n) is 8.69. The van der Waals surface area contributed by atoms with E-state index in [0.717, 1.165) is 0 Å². The second-order valence-corrected chi connectivity index (χ2v) is 3.10. The lowest BCUT2D eigenvalue weighted by atomic mass is 10.1. The minimum absolute atomic E-state index is 0.00352. The van der Waals surface area contributed by atoms with Gasteiger partial charge in [0.2, 0.25) is 0 Å². The van der Waals surface area contributed by atoms with Gasteiger partial charge in [0.05, 0.1) is 17.2 Å². The Balaban J connectivity index is 2.56. The number of hydrogen-bond acceptors (Lipinski definition) is 6. The second-order valence-electron chi connectivity index (χ2n) is 3.10. The highest BCUT2D eigenvalue weighted by Crippen LogP contribution is 2.27. The lowest BCUT2D eigenvalue weighted by Gasteiger charge is -1.98. The van der Waals surface area contributed by atoms with Crippen LogP contribution in [0.15, 0.2) is 28.9 Å². The summed E-state index contributed by atoms with van der Waals surface area (Å²) in [5.41, 5.74) is 0.161. The van der Waals surface area contributed by atoms with Gasteiger partial charge < -0.3 is 9.94 Å². The van der Waals surface area contributed by atoms with Gasteiger partial charge in [-0.2, -0.15) is 0 Å². The van der Waals surface area contributed by atoms with Crippen LogP contribution in [0.1, 0.15) is 0 Å². The molecule has 0 amide bonds. The average Bonchev–Trinajstić information content (AvgIpc) is 2.70. The van der Waals surface area contributed by atoms with E-state index in [9.17, 15) is 15.3 Å². The van der Waals surface area contributed by atoms with Gasteiger partial charge in [-0.15, -0.1) is 0 Å². The average molecular weight is 237 g/mol. The maximum Gasteiger partial charge on any atom is 0.402 e. The Bertz CT molecular complexity index is 566. The number of hydrogen-bond donors (Lipinski definition) is 0. The van der Waals surface area contributed by atoms with Gasteiger partial charge in [-0.05, 0) is 11.0 Å². The molecule has 0 aliphatic rings. The highest BCUT2D eigenvalue weighted by molar-refractivity contribution is 5.63. The molecule has 17 heavy (non-hydrogen) atoms. The largest absolute Gasteiger partial charge is 0.458 e. The fraction of sp³-hybridized carbons (Fsp3) is 0.111. The first kappa shape index (κ1) is 10.9. The summed E-state index contributed by atoms with van der Waals surface area (Å²) in [4.78, 5) is 10.2. The molecule has 0 bridgehead atoms. The first-order valence-electron chi connectivity index (χ1n) is 4.52. The molecule has 1 aromatic carbocycles. The van der Waals surface area contributed by atoms with Crippen LogP contribution in [0.5, 0.6) is 5.88 Å². The van der Waals surface area contributed by atoms with Crippen molar-refractivity contribution in [2.24, 2.45) is 0 Å². The van der Waals surface area contributed by atoms with Crippen molar-refractivity contribution in [3.05, 3.63) is 39.6 Å². The Morgan fingerprint density at radius 2 is 2.29 bits per heavy atom. The van der Waals surface area contributed by atoms with E-state index in [0.29, 0.717) is 5.56 Å². The number of nitrogens with zero attached hydrogens (tertiary/aromatic N) is 3. The molecule has 1 aromatic heterocycles. The van der Waals surface area contributed by atoms with Crippen LogP contribution in [0.2, 0.25) is 0 Å². The van der Waals surface area contributed by atoms with Crippen LogP contribution >= 0.6 is 0 Å². The van der Waals surface area contributed by atoms with Gasteiger partial charge in [0, 0.05) is 17.7 Å². The van der Waals surface area contributed by atoms with E-state index in [1.165, 1.54) is 31.4 Å². The maximum atomic E-state index is 11.3. The normalized spacial score (nSPS) is 10.2. The van der Waals surface area contributed by atoms with Gasteiger partial charge in [0.15, 0.2) is 0 Å². The summed E-state index contributed by atoms with van der Waals surface area (Å²) in [6.45, 7) is 0. The summed E-state index contributed by atoms with van der Waals surface area (Å²) < 4.78 is 9.18. The third-order valence-corrected chi connectivity index (χ3v) is 2.11. The molecule has 0 aliphatic carbocycles. The number of non-ortho nitro benzene ring substituents is 1. The molecule has 0 saturated heterocycles.